The van der Waals surface area contributed by atoms with E-state index in [2.05, 4.69) is 0 Å². The second kappa shape index (κ2) is 5.67. The van der Waals surface area contributed by atoms with Crippen molar-refractivity contribution >= 4 is 12.1 Å². The van der Waals surface area contributed by atoms with Crippen molar-refractivity contribution < 1.29 is 19.4 Å². The number of carbonyl (C=O) groups excluding carboxylic acids is 1. The molecule has 23 heavy (non-hydrogen) atoms. The minimum Gasteiger partial charge on any atom is -0.481 e. The molecule has 2 bridgehead atoms. The molecule has 130 valence electrons. The second-order valence-corrected chi connectivity index (χ2v) is 8.88. The van der Waals surface area contributed by atoms with Crippen molar-refractivity contribution in [2.45, 2.75) is 64.9 Å². The van der Waals surface area contributed by atoms with Gasteiger partial charge in [0.1, 0.15) is 5.60 Å². The number of hydrogen-bond acceptors (Lipinski definition) is 3. The number of carbonyl (C=O) groups is 2. The molecule has 1 saturated heterocycles. The van der Waals surface area contributed by atoms with Gasteiger partial charge in [-0.3, -0.25) is 4.79 Å². The van der Waals surface area contributed by atoms with E-state index in [-0.39, 0.29) is 6.09 Å². The fraction of sp³-hybridized carbons (Fsp3) is 0.889. The van der Waals surface area contributed by atoms with Gasteiger partial charge in [-0.1, -0.05) is 6.42 Å². The van der Waals surface area contributed by atoms with Crippen molar-refractivity contribution in [1.29, 1.82) is 0 Å². The van der Waals surface area contributed by atoms with Gasteiger partial charge in [0, 0.05) is 13.1 Å². The largest absolute Gasteiger partial charge is 0.481 e. The van der Waals surface area contributed by atoms with E-state index >= 15 is 0 Å². The van der Waals surface area contributed by atoms with Crippen molar-refractivity contribution in [2.75, 3.05) is 13.1 Å². The molecule has 3 rings (SSSR count). The molecular weight excluding hydrogens is 294 g/mol. The van der Waals surface area contributed by atoms with Gasteiger partial charge in [0.15, 0.2) is 0 Å². The van der Waals surface area contributed by atoms with Crippen LogP contribution in [0.4, 0.5) is 4.79 Å². The average Bonchev–Trinajstić information content (AvgIpc) is 3.11. The normalized spacial score (nSPS) is 36.5. The molecule has 0 aromatic heterocycles. The van der Waals surface area contributed by atoms with E-state index < -0.39 is 17.0 Å². The number of ether oxygens (including phenoxy) is 1. The summed E-state index contributed by atoms with van der Waals surface area (Å²) in [6, 6.07) is 0. The quantitative estimate of drug-likeness (QED) is 0.863. The Bertz CT molecular complexity index is 498. The number of carboxylic acids is 1. The third-order valence-electron chi connectivity index (χ3n) is 6.00. The molecule has 2 aliphatic carbocycles. The van der Waals surface area contributed by atoms with Crippen LogP contribution in [0.2, 0.25) is 0 Å². The summed E-state index contributed by atoms with van der Waals surface area (Å²) in [5.41, 5.74) is -1.32. The lowest BCUT2D eigenvalue weighted by molar-refractivity contribution is -0.149. The maximum absolute atomic E-state index is 12.2. The maximum atomic E-state index is 12.2. The Morgan fingerprint density at radius 1 is 1.26 bits per heavy atom. The molecule has 3 fully saturated rings. The van der Waals surface area contributed by atoms with Crippen LogP contribution in [0.5, 0.6) is 0 Å². The van der Waals surface area contributed by atoms with Crippen LogP contribution in [0.3, 0.4) is 0 Å². The number of rotatable bonds is 3. The molecule has 1 heterocycles. The van der Waals surface area contributed by atoms with Gasteiger partial charge in [-0.05, 0) is 70.6 Å². The number of carboxylic acid groups (broad SMARTS) is 1. The molecule has 4 unspecified atom stereocenters. The highest BCUT2D eigenvalue weighted by molar-refractivity contribution is 5.78. The van der Waals surface area contributed by atoms with E-state index in [4.69, 9.17) is 4.74 Å². The van der Waals surface area contributed by atoms with Crippen molar-refractivity contribution in [3.05, 3.63) is 0 Å². The van der Waals surface area contributed by atoms with E-state index in [1.54, 1.807) is 4.90 Å². The van der Waals surface area contributed by atoms with Gasteiger partial charge in [0.2, 0.25) is 0 Å². The summed E-state index contributed by atoms with van der Waals surface area (Å²) < 4.78 is 5.41. The van der Waals surface area contributed by atoms with Gasteiger partial charge >= 0.3 is 12.1 Å². The minimum absolute atomic E-state index is 0.297. The van der Waals surface area contributed by atoms with Crippen molar-refractivity contribution in [2.24, 2.45) is 23.2 Å². The number of likely N-dealkylation sites (tertiary alicyclic amines) is 1. The second-order valence-electron chi connectivity index (χ2n) is 8.88. The lowest BCUT2D eigenvalue weighted by Gasteiger charge is -2.32. The monoisotopic (exact) mass is 323 g/mol. The summed E-state index contributed by atoms with van der Waals surface area (Å²) in [6.45, 7) is 6.29. The first-order chi connectivity index (χ1) is 10.7. The van der Waals surface area contributed by atoms with E-state index in [0.717, 1.165) is 12.3 Å². The third-order valence-corrected chi connectivity index (χ3v) is 6.00. The lowest BCUT2D eigenvalue weighted by Crippen LogP contribution is -2.40. The summed E-state index contributed by atoms with van der Waals surface area (Å²) in [6.07, 6.45) is 5.96. The van der Waals surface area contributed by atoms with E-state index in [9.17, 15) is 14.7 Å². The molecule has 1 N–H and O–H groups in total. The number of aliphatic carboxylic acids is 1. The fourth-order valence-corrected chi connectivity index (χ4v) is 4.91. The highest BCUT2D eigenvalue weighted by atomic mass is 16.6. The van der Waals surface area contributed by atoms with Crippen LogP contribution in [0, 0.1) is 23.2 Å². The van der Waals surface area contributed by atoms with Crippen molar-refractivity contribution in [3.8, 4) is 0 Å². The Balaban J connectivity index is 1.66. The predicted molar refractivity (Wildman–Crippen MR) is 86.0 cm³/mol. The first-order valence-electron chi connectivity index (χ1n) is 8.90. The Labute approximate surface area is 138 Å². The summed E-state index contributed by atoms with van der Waals surface area (Å²) in [4.78, 5) is 25.8. The zero-order chi connectivity index (χ0) is 16.8. The number of fused-ring (bicyclic) bond motifs is 2. The van der Waals surface area contributed by atoms with E-state index in [0.29, 0.717) is 31.3 Å². The first kappa shape index (κ1) is 16.6. The first-order valence-corrected chi connectivity index (χ1v) is 8.90. The molecule has 5 nitrogen and oxygen atoms in total. The topological polar surface area (TPSA) is 66.8 Å². The highest BCUT2D eigenvalue weighted by Gasteiger charge is 2.51. The zero-order valence-electron chi connectivity index (χ0n) is 14.5. The van der Waals surface area contributed by atoms with Gasteiger partial charge < -0.3 is 14.7 Å². The fourth-order valence-electron chi connectivity index (χ4n) is 4.91. The summed E-state index contributed by atoms with van der Waals surface area (Å²) in [7, 11) is 0. The minimum atomic E-state index is -0.772. The molecule has 1 aliphatic heterocycles. The van der Waals surface area contributed by atoms with Crippen LogP contribution in [0.25, 0.3) is 0 Å². The van der Waals surface area contributed by atoms with E-state index in [1.165, 1.54) is 25.7 Å². The van der Waals surface area contributed by atoms with Crippen LogP contribution < -0.4 is 0 Å². The molecule has 2 saturated carbocycles. The van der Waals surface area contributed by atoms with Gasteiger partial charge in [0.25, 0.3) is 0 Å². The smallest absolute Gasteiger partial charge is 0.410 e. The molecule has 4 atom stereocenters. The summed E-state index contributed by atoms with van der Waals surface area (Å²) in [5, 5.41) is 9.85. The summed E-state index contributed by atoms with van der Waals surface area (Å²) in [5.74, 6) is 1.32. The standard InChI is InChI=1S/C18H29NO4/c1-17(2,3)23-16(22)19-7-6-18(11-19,15(20)21)10-14-9-12-4-5-13(14)8-12/h12-14H,4-11H2,1-3H3,(H,20,21). The highest BCUT2D eigenvalue weighted by Crippen LogP contribution is 2.53. The predicted octanol–water partition coefficient (Wildman–Crippen LogP) is 3.52. The number of nitrogens with zero attached hydrogens (tertiary/aromatic N) is 1. The number of hydrogen-bond donors (Lipinski definition) is 1. The Kier molecular flexibility index (Phi) is 4.09. The van der Waals surface area contributed by atoms with Crippen LogP contribution >= 0.6 is 0 Å². The summed E-state index contributed by atoms with van der Waals surface area (Å²) >= 11 is 0. The Morgan fingerprint density at radius 2 is 2.00 bits per heavy atom. The van der Waals surface area contributed by atoms with Gasteiger partial charge in [-0.25, -0.2) is 4.79 Å². The molecule has 0 radical (unpaired) electrons. The maximum Gasteiger partial charge on any atom is 0.410 e. The third kappa shape index (κ3) is 3.33. The van der Waals surface area contributed by atoms with Crippen LogP contribution in [0.15, 0.2) is 0 Å². The molecule has 5 heteroatoms. The van der Waals surface area contributed by atoms with Crippen LogP contribution in [0.1, 0.15) is 59.3 Å². The molecule has 0 aromatic rings. The molecular formula is C18H29NO4. The molecule has 0 spiro atoms. The van der Waals surface area contributed by atoms with Gasteiger partial charge in [-0.2, -0.15) is 0 Å². The van der Waals surface area contributed by atoms with Crippen LogP contribution in [-0.2, 0) is 9.53 Å². The van der Waals surface area contributed by atoms with Crippen molar-refractivity contribution in [1.82, 2.24) is 4.90 Å². The van der Waals surface area contributed by atoms with Crippen molar-refractivity contribution in [3.63, 3.8) is 0 Å². The molecule has 1 amide bonds. The van der Waals surface area contributed by atoms with Gasteiger partial charge in [-0.15, -0.1) is 0 Å². The molecule has 0 aromatic carbocycles. The zero-order valence-corrected chi connectivity index (χ0v) is 14.5. The van der Waals surface area contributed by atoms with Gasteiger partial charge in [0.05, 0.1) is 5.41 Å². The lowest BCUT2D eigenvalue weighted by atomic mass is 9.73. The molecule has 3 aliphatic rings. The number of amides is 1. The Morgan fingerprint density at radius 3 is 2.52 bits per heavy atom. The SMILES string of the molecule is CC(C)(C)OC(=O)N1CCC(CC2CC3CCC2C3)(C(=O)O)C1. The Hall–Kier alpha value is -1.26. The van der Waals surface area contributed by atoms with E-state index in [1.807, 2.05) is 20.8 Å². The van der Waals surface area contributed by atoms with Crippen LogP contribution in [-0.4, -0.2) is 40.8 Å². The average molecular weight is 323 g/mol.